The van der Waals surface area contributed by atoms with Crippen LogP contribution < -0.4 is 0 Å². The van der Waals surface area contributed by atoms with Crippen LogP contribution in [0.1, 0.15) is 51.4 Å². The Labute approximate surface area is 103 Å². The summed E-state index contributed by atoms with van der Waals surface area (Å²) in [5, 5.41) is 1.16. The minimum Gasteiger partial charge on any atom is -0.381 e. The molecule has 0 aromatic carbocycles. The van der Waals surface area contributed by atoms with Crippen molar-refractivity contribution in [3.8, 4) is 0 Å². The molecule has 0 bridgehead atoms. The molecule has 1 nitrogen and oxygen atoms in total. The fourth-order valence-electron chi connectivity index (χ4n) is 1.45. The first kappa shape index (κ1) is 15.2. The highest BCUT2D eigenvalue weighted by molar-refractivity contribution is 9.09. The largest absolute Gasteiger partial charge is 0.381 e. The van der Waals surface area contributed by atoms with Gasteiger partial charge in [0.2, 0.25) is 0 Å². The third-order valence-electron chi connectivity index (χ3n) is 2.39. The van der Waals surface area contributed by atoms with Crippen molar-refractivity contribution in [3.63, 3.8) is 0 Å². The van der Waals surface area contributed by atoms with Crippen molar-refractivity contribution in [2.45, 2.75) is 51.4 Å². The third-order valence-corrected chi connectivity index (χ3v) is 2.95. The maximum Gasteiger partial charge on any atom is 0.0500 e. The summed E-state index contributed by atoms with van der Waals surface area (Å²) in [6.45, 7) is 5.43. The van der Waals surface area contributed by atoms with Gasteiger partial charge in [-0.1, -0.05) is 54.1 Å². The molecule has 0 radical (unpaired) electrons. The van der Waals surface area contributed by atoms with Crippen LogP contribution >= 0.6 is 15.9 Å². The van der Waals surface area contributed by atoms with Crippen LogP contribution in [0.5, 0.6) is 0 Å². The van der Waals surface area contributed by atoms with E-state index in [1.807, 2.05) is 6.08 Å². The molecule has 0 aliphatic rings. The fraction of sp³-hybridized carbons (Fsp3) is 0.846. The summed E-state index contributed by atoms with van der Waals surface area (Å²) < 4.78 is 5.44. The fourth-order valence-corrected chi connectivity index (χ4v) is 1.85. The van der Waals surface area contributed by atoms with Crippen LogP contribution in [0.2, 0.25) is 0 Å². The summed E-state index contributed by atoms with van der Waals surface area (Å²) >= 11 is 3.45. The zero-order valence-electron chi connectivity index (χ0n) is 9.85. The van der Waals surface area contributed by atoms with Gasteiger partial charge in [0, 0.05) is 18.5 Å². The molecule has 0 spiro atoms. The van der Waals surface area contributed by atoms with Crippen LogP contribution in [0.3, 0.4) is 0 Å². The lowest BCUT2D eigenvalue weighted by Gasteiger charge is -2.02. The Kier molecular flexibility index (Phi) is 14.4. The van der Waals surface area contributed by atoms with E-state index in [0.717, 1.165) is 25.0 Å². The molecule has 0 amide bonds. The van der Waals surface area contributed by atoms with Gasteiger partial charge in [0.15, 0.2) is 0 Å². The van der Waals surface area contributed by atoms with Crippen LogP contribution in [0.25, 0.3) is 0 Å². The van der Waals surface area contributed by atoms with Gasteiger partial charge >= 0.3 is 0 Å². The van der Waals surface area contributed by atoms with Gasteiger partial charge in [0.05, 0.1) is 0 Å². The number of hydrogen-bond donors (Lipinski definition) is 0. The van der Waals surface area contributed by atoms with Crippen LogP contribution in [-0.2, 0) is 4.74 Å². The summed E-state index contributed by atoms with van der Waals surface area (Å²) in [6, 6.07) is 0. The first-order valence-electron chi connectivity index (χ1n) is 6.16. The lowest BCUT2D eigenvalue weighted by Crippen LogP contribution is -1.95. The smallest absolute Gasteiger partial charge is 0.0500 e. The summed E-state index contributed by atoms with van der Waals surface area (Å²) in [5.41, 5.74) is 0. The van der Waals surface area contributed by atoms with Crippen molar-refractivity contribution in [1.29, 1.82) is 0 Å². The van der Waals surface area contributed by atoms with E-state index < -0.39 is 0 Å². The zero-order chi connectivity index (χ0) is 11.2. The molecule has 0 fully saturated rings. The van der Waals surface area contributed by atoms with Gasteiger partial charge in [0.25, 0.3) is 0 Å². The number of halogens is 1. The zero-order valence-corrected chi connectivity index (χ0v) is 11.4. The average Bonchev–Trinajstić information content (AvgIpc) is 2.26. The SMILES string of the molecule is C=CCCOCCCCCCCCCBr. The molecule has 0 atom stereocenters. The molecule has 15 heavy (non-hydrogen) atoms. The second-order valence-electron chi connectivity index (χ2n) is 3.85. The van der Waals surface area contributed by atoms with E-state index in [4.69, 9.17) is 4.74 Å². The highest BCUT2D eigenvalue weighted by atomic mass is 79.9. The molecule has 0 aliphatic carbocycles. The monoisotopic (exact) mass is 276 g/mol. The Balaban J connectivity index is 2.83. The van der Waals surface area contributed by atoms with Crippen LogP contribution in [-0.4, -0.2) is 18.5 Å². The van der Waals surface area contributed by atoms with E-state index in [1.165, 1.54) is 44.9 Å². The summed E-state index contributed by atoms with van der Waals surface area (Å²) in [7, 11) is 0. The molecular weight excluding hydrogens is 252 g/mol. The van der Waals surface area contributed by atoms with Crippen molar-refractivity contribution in [3.05, 3.63) is 12.7 Å². The van der Waals surface area contributed by atoms with Crippen LogP contribution in [0.15, 0.2) is 12.7 Å². The van der Waals surface area contributed by atoms with E-state index in [2.05, 4.69) is 22.5 Å². The molecule has 0 unspecified atom stereocenters. The minimum absolute atomic E-state index is 0.842. The topological polar surface area (TPSA) is 9.23 Å². The van der Waals surface area contributed by atoms with Crippen LogP contribution in [0, 0.1) is 0 Å². The summed E-state index contributed by atoms with van der Waals surface area (Å²) in [6.07, 6.45) is 12.3. The van der Waals surface area contributed by atoms with E-state index in [9.17, 15) is 0 Å². The van der Waals surface area contributed by atoms with Gasteiger partial charge in [-0.05, 0) is 19.3 Å². The first-order valence-corrected chi connectivity index (χ1v) is 7.28. The van der Waals surface area contributed by atoms with Crippen LogP contribution in [0.4, 0.5) is 0 Å². The number of alkyl halides is 1. The molecule has 0 saturated carbocycles. The number of ether oxygens (including phenoxy) is 1. The predicted octanol–water partition coefficient (Wildman–Crippen LogP) is 4.70. The number of hydrogen-bond acceptors (Lipinski definition) is 1. The Hall–Kier alpha value is 0.180. The first-order chi connectivity index (χ1) is 7.41. The molecule has 0 aromatic heterocycles. The van der Waals surface area contributed by atoms with E-state index in [0.29, 0.717) is 0 Å². The Morgan fingerprint density at radius 3 is 2.07 bits per heavy atom. The molecule has 0 rings (SSSR count). The maximum absolute atomic E-state index is 5.44. The highest BCUT2D eigenvalue weighted by Crippen LogP contribution is 2.08. The number of unbranched alkanes of at least 4 members (excludes halogenated alkanes) is 6. The second kappa shape index (κ2) is 14.2. The molecule has 0 aliphatic heterocycles. The second-order valence-corrected chi connectivity index (χ2v) is 4.65. The van der Waals surface area contributed by atoms with Crippen molar-refractivity contribution in [1.82, 2.24) is 0 Å². The van der Waals surface area contributed by atoms with Crippen molar-refractivity contribution in [2.75, 3.05) is 18.5 Å². The molecule has 2 heteroatoms. The lowest BCUT2D eigenvalue weighted by molar-refractivity contribution is 0.134. The molecule has 0 saturated heterocycles. The predicted molar refractivity (Wildman–Crippen MR) is 71.7 cm³/mol. The summed E-state index contributed by atoms with van der Waals surface area (Å²) in [4.78, 5) is 0. The van der Waals surface area contributed by atoms with Gasteiger partial charge in [-0.3, -0.25) is 0 Å². The maximum atomic E-state index is 5.44. The standard InChI is InChI=1S/C13H25BrO/c1-2-3-12-15-13-10-8-6-4-5-7-9-11-14/h2H,1,3-13H2. The molecule has 0 aromatic rings. The van der Waals surface area contributed by atoms with Gasteiger partial charge in [-0.25, -0.2) is 0 Å². The summed E-state index contributed by atoms with van der Waals surface area (Å²) in [5.74, 6) is 0. The minimum atomic E-state index is 0.842. The Morgan fingerprint density at radius 1 is 0.867 bits per heavy atom. The average molecular weight is 277 g/mol. The third kappa shape index (κ3) is 14.2. The van der Waals surface area contributed by atoms with E-state index in [1.54, 1.807) is 0 Å². The van der Waals surface area contributed by atoms with Crippen molar-refractivity contribution < 1.29 is 4.74 Å². The highest BCUT2D eigenvalue weighted by Gasteiger charge is 1.91. The van der Waals surface area contributed by atoms with Gasteiger partial charge < -0.3 is 4.74 Å². The Bertz CT molecular complexity index is 126. The van der Waals surface area contributed by atoms with E-state index in [-0.39, 0.29) is 0 Å². The number of rotatable bonds is 12. The quantitative estimate of drug-likeness (QED) is 0.285. The molecular formula is C13H25BrO. The Morgan fingerprint density at radius 2 is 1.47 bits per heavy atom. The van der Waals surface area contributed by atoms with Gasteiger partial charge in [0.1, 0.15) is 0 Å². The normalized spacial score (nSPS) is 10.5. The molecule has 90 valence electrons. The van der Waals surface area contributed by atoms with Crippen molar-refractivity contribution in [2.24, 2.45) is 0 Å². The molecule has 0 heterocycles. The van der Waals surface area contributed by atoms with Gasteiger partial charge in [-0.2, -0.15) is 0 Å². The van der Waals surface area contributed by atoms with E-state index >= 15 is 0 Å². The van der Waals surface area contributed by atoms with Gasteiger partial charge in [-0.15, -0.1) is 6.58 Å². The lowest BCUT2D eigenvalue weighted by atomic mass is 10.1. The molecule has 0 N–H and O–H groups in total. The van der Waals surface area contributed by atoms with Crippen molar-refractivity contribution >= 4 is 15.9 Å².